The van der Waals surface area contributed by atoms with Gasteiger partial charge in [-0.25, -0.2) is 0 Å². The van der Waals surface area contributed by atoms with Gasteiger partial charge in [0.15, 0.2) is 0 Å². The fourth-order valence-electron chi connectivity index (χ4n) is 8.32. The number of hydrogen-bond donors (Lipinski definition) is 0. The average Bonchev–Trinajstić information content (AvgIpc) is 2.69. The fourth-order valence-corrected chi connectivity index (χ4v) is 8.32. The van der Waals surface area contributed by atoms with E-state index >= 15 is 0 Å². The van der Waals surface area contributed by atoms with Crippen molar-refractivity contribution in [1.82, 2.24) is 14.7 Å². The van der Waals surface area contributed by atoms with Gasteiger partial charge >= 0.3 is 0 Å². The first-order chi connectivity index (χ1) is 15.0. The van der Waals surface area contributed by atoms with Gasteiger partial charge in [-0.05, 0) is 114 Å². The predicted octanol–water partition coefficient (Wildman–Crippen LogP) is 6.03. The van der Waals surface area contributed by atoms with Gasteiger partial charge in [-0.15, -0.1) is 0 Å². The highest BCUT2D eigenvalue weighted by molar-refractivity contribution is 5.06. The molecule has 2 aliphatic carbocycles. The minimum Gasteiger partial charge on any atom is -0.299 e. The van der Waals surface area contributed by atoms with E-state index in [1.54, 1.807) is 0 Å². The molecule has 0 radical (unpaired) electrons. The van der Waals surface area contributed by atoms with Crippen LogP contribution in [-0.4, -0.2) is 71.6 Å². The van der Waals surface area contributed by atoms with Gasteiger partial charge in [0.05, 0.1) is 0 Å². The van der Waals surface area contributed by atoms with Crippen molar-refractivity contribution in [3.05, 3.63) is 0 Å². The third kappa shape index (κ3) is 4.57. The van der Waals surface area contributed by atoms with Crippen molar-refractivity contribution in [2.75, 3.05) is 39.3 Å². The summed E-state index contributed by atoms with van der Waals surface area (Å²) in [6.45, 7) is 22.8. The molecule has 0 aromatic heterocycles. The monoisotopic (exact) mass is 443 g/mol. The number of likely N-dealkylation sites (tertiary alicyclic amines) is 3. The topological polar surface area (TPSA) is 9.72 Å². The van der Waals surface area contributed by atoms with E-state index in [1.807, 2.05) is 0 Å². The maximum atomic E-state index is 2.91. The molecule has 0 aromatic carbocycles. The minimum absolute atomic E-state index is 0.333. The summed E-state index contributed by atoms with van der Waals surface area (Å²) in [4.78, 5) is 8.51. The van der Waals surface area contributed by atoms with E-state index in [1.165, 1.54) is 103 Å². The molecular weight excluding hydrogens is 390 g/mol. The van der Waals surface area contributed by atoms with E-state index in [0.717, 1.165) is 18.0 Å². The molecule has 32 heavy (non-hydrogen) atoms. The summed E-state index contributed by atoms with van der Waals surface area (Å²) in [5.74, 6) is 0.956. The molecule has 0 amide bonds. The van der Waals surface area contributed by atoms with Crippen molar-refractivity contribution in [3.8, 4) is 0 Å². The van der Waals surface area contributed by atoms with E-state index in [2.05, 4.69) is 56.2 Å². The van der Waals surface area contributed by atoms with E-state index in [0.29, 0.717) is 21.8 Å². The van der Waals surface area contributed by atoms with Crippen LogP contribution in [0, 0.1) is 22.2 Å². The highest BCUT2D eigenvalue weighted by Gasteiger charge is 2.52. The maximum Gasteiger partial charge on any atom is 0.0224 e. The van der Waals surface area contributed by atoms with Crippen LogP contribution in [0.1, 0.15) is 106 Å². The molecule has 0 aromatic rings. The average molecular weight is 444 g/mol. The molecule has 0 N–H and O–H groups in total. The Kier molecular flexibility index (Phi) is 6.07. The zero-order chi connectivity index (χ0) is 22.8. The second kappa shape index (κ2) is 8.23. The lowest BCUT2D eigenvalue weighted by Gasteiger charge is -2.61. The zero-order valence-corrected chi connectivity index (χ0v) is 22.4. The van der Waals surface area contributed by atoms with Crippen LogP contribution in [-0.2, 0) is 0 Å². The second-order valence-electron chi connectivity index (χ2n) is 15.1. The van der Waals surface area contributed by atoms with Crippen molar-refractivity contribution in [1.29, 1.82) is 0 Å². The molecule has 3 heterocycles. The molecule has 3 saturated heterocycles. The summed E-state index contributed by atoms with van der Waals surface area (Å²) < 4.78 is 0. The highest BCUT2D eigenvalue weighted by Crippen LogP contribution is 2.52. The van der Waals surface area contributed by atoms with Gasteiger partial charge in [-0.1, -0.05) is 20.8 Å². The van der Waals surface area contributed by atoms with E-state index in [4.69, 9.17) is 0 Å². The van der Waals surface area contributed by atoms with Gasteiger partial charge in [-0.3, -0.25) is 14.7 Å². The lowest BCUT2D eigenvalue weighted by Crippen LogP contribution is -2.66. The second-order valence-corrected chi connectivity index (χ2v) is 15.1. The Morgan fingerprint density at radius 3 is 1.62 bits per heavy atom. The lowest BCUT2D eigenvalue weighted by molar-refractivity contribution is -0.114. The molecule has 5 aliphatic rings. The molecular formula is C29H53N3. The Hall–Kier alpha value is -0.120. The van der Waals surface area contributed by atoms with Gasteiger partial charge in [0.25, 0.3) is 0 Å². The van der Waals surface area contributed by atoms with Crippen molar-refractivity contribution in [3.63, 3.8) is 0 Å². The highest BCUT2D eigenvalue weighted by atomic mass is 15.3. The van der Waals surface area contributed by atoms with Crippen molar-refractivity contribution in [2.45, 2.75) is 123 Å². The normalized spacial score (nSPS) is 35.1. The standard InChI is InChI=1S/C29H53N3/c1-26(2,3)23-9-13-28(14-10-23)19-30(20-28)24-11-15-29(16-12-24)21-31(22-29)25-8-7-17-32(18-25)27(4,5)6/h23-25H,7-22H2,1-6H3. The third-order valence-electron chi connectivity index (χ3n) is 10.8. The summed E-state index contributed by atoms with van der Waals surface area (Å²) in [5, 5.41) is 0. The fraction of sp³-hybridized carbons (Fsp3) is 1.00. The van der Waals surface area contributed by atoms with Crippen LogP contribution in [0.4, 0.5) is 0 Å². The Labute approximate surface area is 199 Å². The first kappa shape index (κ1) is 23.6. The van der Waals surface area contributed by atoms with Crippen LogP contribution in [0.5, 0.6) is 0 Å². The molecule has 0 bridgehead atoms. The SMILES string of the molecule is CC(C)(C)C1CCC2(CC1)CN(C1CCC3(CC1)CN(C1CCCN(C(C)(C)C)C1)C3)C2. The Balaban J connectivity index is 1.04. The van der Waals surface area contributed by atoms with Crippen LogP contribution in [0.2, 0.25) is 0 Å². The first-order valence-electron chi connectivity index (χ1n) is 14.2. The van der Waals surface area contributed by atoms with Gasteiger partial charge in [0.2, 0.25) is 0 Å². The molecule has 3 heteroatoms. The maximum absolute atomic E-state index is 2.91. The van der Waals surface area contributed by atoms with E-state index in [-0.39, 0.29) is 0 Å². The van der Waals surface area contributed by atoms with Gasteiger partial charge in [0, 0.05) is 50.3 Å². The summed E-state index contributed by atoms with van der Waals surface area (Å²) in [7, 11) is 0. The van der Waals surface area contributed by atoms with Crippen LogP contribution in [0.3, 0.4) is 0 Å². The third-order valence-corrected chi connectivity index (χ3v) is 10.8. The van der Waals surface area contributed by atoms with Crippen LogP contribution >= 0.6 is 0 Å². The molecule has 1 unspecified atom stereocenters. The Morgan fingerprint density at radius 2 is 1.12 bits per heavy atom. The van der Waals surface area contributed by atoms with E-state index in [9.17, 15) is 0 Å². The van der Waals surface area contributed by atoms with Gasteiger partial charge in [0.1, 0.15) is 0 Å². The molecule has 3 nitrogen and oxygen atoms in total. The number of hydrogen-bond acceptors (Lipinski definition) is 3. The smallest absolute Gasteiger partial charge is 0.0224 e. The van der Waals surface area contributed by atoms with Gasteiger partial charge in [-0.2, -0.15) is 0 Å². The van der Waals surface area contributed by atoms with Crippen LogP contribution < -0.4 is 0 Å². The number of nitrogens with zero attached hydrogens (tertiary/aromatic N) is 3. The lowest BCUT2D eigenvalue weighted by atomic mass is 9.60. The first-order valence-corrected chi connectivity index (χ1v) is 14.2. The largest absolute Gasteiger partial charge is 0.299 e. The molecule has 5 rings (SSSR count). The predicted molar refractivity (Wildman–Crippen MR) is 136 cm³/mol. The van der Waals surface area contributed by atoms with Crippen molar-refractivity contribution >= 4 is 0 Å². The van der Waals surface area contributed by atoms with Crippen LogP contribution in [0.25, 0.3) is 0 Å². The zero-order valence-electron chi connectivity index (χ0n) is 22.4. The van der Waals surface area contributed by atoms with Crippen LogP contribution in [0.15, 0.2) is 0 Å². The number of piperidine rings is 1. The van der Waals surface area contributed by atoms with Crippen molar-refractivity contribution in [2.24, 2.45) is 22.2 Å². The van der Waals surface area contributed by atoms with Crippen molar-refractivity contribution < 1.29 is 0 Å². The molecule has 3 aliphatic heterocycles. The molecule has 2 saturated carbocycles. The summed E-state index contributed by atoms with van der Waals surface area (Å²) in [6, 6.07) is 1.73. The molecule has 1 atom stereocenters. The molecule has 5 fully saturated rings. The molecule has 184 valence electrons. The molecule has 2 spiro atoms. The quantitative estimate of drug-likeness (QED) is 0.516. The van der Waals surface area contributed by atoms with E-state index < -0.39 is 0 Å². The Morgan fingerprint density at radius 1 is 0.625 bits per heavy atom. The summed E-state index contributed by atoms with van der Waals surface area (Å²) in [6.07, 6.45) is 14.7. The number of rotatable bonds is 2. The minimum atomic E-state index is 0.333. The Bertz CT molecular complexity index is 639. The van der Waals surface area contributed by atoms with Gasteiger partial charge < -0.3 is 0 Å². The summed E-state index contributed by atoms with van der Waals surface area (Å²) in [5.41, 5.74) is 2.25. The summed E-state index contributed by atoms with van der Waals surface area (Å²) >= 11 is 0.